The number of hydrogen-bond acceptors (Lipinski definition) is 4. The number of carbonyl (C=O) groups is 1. The lowest BCUT2D eigenvalue weighted by molar-refractivity contribution is -0.140. The van der Waals surface area contributed by atoms with Crippen molar-refractivity contribution in [1.29, 1.82) is 0 Å². The van der Waals surface area contributed by atoms with E-state index in [9.17, 15) is 4.79 Å². The minimum absolute atomic E-state index is 0. The van der Waals surface area contributed by atoms with Crippen molar-refractivity contribution in [2.75, 3.05) is 27.2 Å². The number of nitrogens with zero attached hydrogens (tertiary/aromatic N) is 1. The van der Waals surface area contributed by atoms with Crippen LogP contribution in [0.4, 0.5) is 0 Å². The normalized spacial score (nSPS) is 11.6. The van der Waals surface area contributed by atoms with Crippen LogP contribution < -0.4 is 10.6 Å². The Morgan fingerprint density at radius 2 is 1.96 bits per heavy atom. The first-order valence-electron chi connectivity index (χ1n) is 8.55. The molecule has 0 aliphatic rings. The molecule has 144 valence electrons. The Morgan fingerprint density at radius 3 is 2.56 bits per heavy atom. The van der Waals surface area contributed by atoms with Crippen molar-refractivity contribution in [3.8, 4) is 0 Å². The first-order chi connectivity index (χ1) is 11.5. The topological polar surface area (TPSA) is 62.7 Å². The number of thiophene rings is 1. The first kappa shape index (κ1) is 24.2. The molecule has 1 aromatic heterocycles. The molecule has 1 aromatic rings. The maximum absolute atomic E-state index is 11.0. The summed E-state index contributed by atoms with van der Waals surface area (Å²) in [5.74, 6) is 0.722. The van der Waals surface area contributed by atoms with E-state index in [2.05, 4.69) is 51.7 Å². The summed E-state index contributed by atoms with van der Waals surface area (Å²) in [5, 5.41) is 8.87. The first-order valence-corrected chi connectivity index (χ1v) is 9.43. The third-order valence-corrected chi connectivity index (χ3v) is 5.17. The minimum Gasteiger partial charge on any atom is -0.469 e. The molecule has 0 bridgehead atoms. The minimum atomic E-state index is -0.119. The van der Waals surface area contributed by atoms with Crippen LogP contribution in [0.3, 0.4) is 0 Å². The van der Waals surface area contributed by atoms with Gasteiger partial charge in [-0.2, -0.15) is 0 Å². The second-order valence-corrected chi connectivity index (χ2v) is 7.40. The van der Waals surface area contributed by atoms with Crippen molar-refractivity contribution in [2.45, 2.75) is 51.4 Å². The van der Waals surface area contributed by atoms with Crippen molar-refractivity contribution < 1.29 is 9.53 Å². The molecule has 0 aliphatic carbocycles. The molecule has 1 rings (SSSR count). The zero-order valence-corrected chi connectivity index (χ0v) is 18.9. The number of rotatable bonds is 10. The van der Waals surface area contributed by atoms with Crippen LogP contribution in [0.1, 0.15) is 50.8 Å². The monoisotopic (exact) mass is 481 g/mol. The van der Waals surface area contributed by atoms with E-state index in [-0.39, 0.29) is 35.4 Å². The van der Waals surface area contributed by atoms with Gasteiger partial charge in [0, 0.05) is 36.9 Å². The van der Waals surface area contributed by atoms with Gasteiger partial charge in [-0.1, -0.05) is 32.8 Å². The second kappa shape index (κ2) is 13.4. The predicted octanol–water partition coefficient (Wildman–Crippen LogP) is 3.93. The molecule has 5 nitrogen and oxygen atoms in total. The van der Waals surface area contributed by atoms with E-state index in [1.807, 2.05) is 0 Å². The summed E-state index contributed by atoms with van der Waals surface area (Å²) in [4.78, 5) is 16.7. The quantitative estimate of drug-likeness (QED) is 0.175. The standard InChI is InChI=1S/C18H31N3O2S.HI/c1-18(2,15-10-9-13-24-15)14-21-17(19-3)20-12-8-6-5-7-11-16(22)23-4;/h9-10,13H,5-8,11-12,14H2,1-4H3,(H2,19,20,21);1H. The Hall–Kier alpha value is -0.830. The molecule has 0 saturated heterocycles. The van der Waals surface area contributed by atoms with Crippen LogP contribution in [0.2, 0.25) is 0 Å². The van der Waals surface area contributed by atoms with Crippen LogP contribution in [-0.4, -0.2) is 39.2 Å². The third kappa shape index (κ3) is 10.0. The van der Waals surface area contributed by atoms with Crippen molar-refractivity contribution in [3.63, 3.8) is 0 Å². The van der Waals surface area contributed by atoms with Crippen molar-refractivity contribution in [1.82, 2.24) is 10.6 Å². The molecule has 0 aliphatic heterocycles. The molecule has 1 heterocycles. The summed E-state index contributed by atoms with van der Waals surface area (Å²) in [5.41, 5.74) is 0.0830. The Labute approximate surface area is 173 Å². The summed E-state index contributed by atoms with van der Waals surface area (Å²) in [7, 11) is 3.23. The number of aliphatic imine (C=N–C) groups is 1. The molecule has 0 aromatic carbocycles. The van der Waals surface area contributed by atoms with Crippen LogP contribution in [0.5, 0.6) is 0 Å². The summed E-state index contributed by atoms with van der Waals surface area (Å²) >= 11 is 1.79. The lowest BCUT2D eigenvalue weighted by atomic mass is 9.91. The fourth-order valence-corrected chi connectivity index (χ4v) is 3.18. The number of hydrogen-bond donors (Lipinski definition) is 2. The van der Waals surface area contributed by atoms with Gasteiger partial charge < -0.3 is 15.4 Å². The van der Waals surface area contributed by atoms with Gasteiger partial charge in [0.2, 0.25) is 0 Å². The Morgan fingerprint density at radius 1 is 1.24 bits per heavy atom. The molecule has 0 fully saturated rings. The third-order valence-electron chi connectivity index (χ3n) is 3.94. The fourth-order valence-electron chi connectivity index (χ4n) is 2.33. The summed E-state index contributed by atoms with van der Waals surface area (Å²) in [6, 6.07) is 4.27. The van der Waals surface area contributed by atoms with E-state index in [0.717, 1.165) is 44.7 Å². The van der Waals surface area contributed by atoms with Crippen molar-refractivity contribution in [2.24, 2.45) is 4.99 Å². The SMILES string of the molecule is CN=C(NCCCCCCC(=O)OC)NCC(C)(C)c1cccs1.I. The molecule has 2 N–H and O–H groups in total. The Balaban J connectivity index is 0.00000576. The summed E-state index contributed by atoms with van der Waals surface area (Å²) in [6.07, 6.45) is 4.63. The lowest BCUT2D eigenvalue weighted by Gasteiger charge is -2.25. The predicted molar refractivity (Wildman–Crippen MR) is 117 cm³/mol. The largest absolute Gasteiger partial charge is 0.469 e. The van der Waals surface area contributed by atoms with E-state index in [1.165, 1.54) is 12.0 Å². The van der Waals surface area contributed by atoms with Crippen LogP contribution in [0, 0.1) is 0 Å². The van der Waals surface area contributed by atoms with E-state index in [4.69, 9.17) is 0 Å². The fraction of sp³-hybridized carbons (Fsp3) is 0.667. The Bertz CT molecular complexity index is 504. The number of methoxy groups -OCH3 is 1. The molecule has 0 unspecified atom stereocenters. The molecule has 0 amide bonds. The van der Waals surface area contributed by atoms with Gasteiger partial charge in [-0.3, -0.25) is 9.79 Å². The molecule has 0 spiro atoms. The van der Waals surface area contributed by atoms with E-state index in [0.29, 0.717) is 6.42 Å². The molecule has 7 heteroatoms. The molecular weight excluding hydrogens is 449 g/mol. The number of ether oxygens (including phenoxy) is 1. The zero-order chi connectivity index (χ0) is 17.8. The van der Waals surface area contributed by atoms with Crippen molar-refractivity contribution >= 4 is 47.2 Å². The van der Waals surface area contributed by atoms with Crippen LogP contribution in [-0.2, 0) is 14.9 Å². The van der Waals surface area contributed by atoms with Gasteiger partial charge >= 0.3 is 5.97 Å². The number of carbonyl (C=O) groups excluding carboxylic acids is 1. The van der Waals surface area contributed by atoms with Crippen LogP contribution in [0.25, 0.3) is 0 Å². The summed E-state index contributed by atoms with van der Waals surface area (Å²) < 4.78 is 4.63. The number of nitrogens with one attached hydrogen (secondary N) is 2. The summed E-state index contributed by atoms with van der Waals surface area (Å²) in [6.45, 7) is 6.20. The van der Waals surface area contributed by atoms with Gasteiger partial charge in [0.05, 0.1) is 7.11 Å². The van der Waals surface area contributed by atoms with Crippen molar-refractivity contribution in [3.05, 3.63) is 22.4 Å². The maximum Gasteiger partial charge on any atom is 0.305 e. The number of esters is 1. The average molecular weight is 481 g/mol. The smallest absolute Gasteiger partial charge is 0.305 e. The van der Waals surface area contributed by atoms with E-state index in [1.54, 1.807) is 18.4 Å². The highest BCUT2D eigenvalue weighted by Crippen LogP contribution is 2.26. The van der Waals surface area contributed by atoms with Gasteiger partial charge in [-0.25, -0.2) is 0 Å². The van der Waals surface area contributed by atoms with Gasteiger partial charge in [-0.15, -0.1) is 35.3 Å². The molecular formula is C18H32IN3O2S. The number of guanidine groups is 1. The van der Waals surface area contributed by atoms with Gasteiger partial charge in [0.25, 0.3) is 0 Å². The highest BCUT2D eigenvalue weighted by Gasteiger charge is 2.21. The molecule has 0 radical (unpaired) electrons. The number of halogens is 1. The molecule has 0 saturated carbocycles. The van der Waals surface area contributed by atoms with Crippen LogP contribution >= 0.6 is 35.3 Å². The van der Waals surface area contributed by atoms with Gasteiger partial charge in [0.1, 0.15) is 0 Å². The average Bonchev–Trinajstić information content (AvgIpc) is 3.11. The van der Waals surface area contributed by atoms with Gasteiger partial charge in [0.15, 0.2) is 5.96 Å². The van der Waals surface area contributed by atoms with E-state index < -0.39 is 0 Å². The van der Waals surface area contributed by atoms with E-state index >= 15 is 0 Å². The second-order valence-electron chi connectivity index (χ2n) is 6.45. The number of unbranched alkanes of at least 4 members (excludes halogenated alkanes) is 3. The highest BCUT2D eigenvalue weighted by molar-refractivity contribution is 14.0. The molecule has 0 atom stereocenters. The zero-order valence-electron chi connectivity index (χ0n) is 15.8. The molecule has 25 heavy (non-hydrogen) atoms. The Kier molecular flexibility index (Phi) is 12.9. The van der Waals surface area contributed by atoms with Gasteiger partial charge in [-0.05, 0) is 24.3 Å². The maximum atomic E-state index is 11.0. The highest BCUT2D eigenvalue weighted by atomic mass is 127. The van der Waals surface area contributed by atoms with Crippen LogP contribution in [0.15, 0.2) is 22.5 Å². The lowest BCUT2D eigenvalue weighted by Crippen LogP contribution is -2.43.